The van der Waals surface area contributed by atoms with E-state index in [2.05, 4.69) is 11.8 Å². The summed E-state index contributed by atoms with van der Waals surface area (Å²) < 4.78 is 1.74. The summed E-state index contributed by atoms with van der Waals surface area (Å²) in [5.74, 6) is 5.52. The molecule has 0 unspecified atom stereocenters. The van der Waals surface area contributed by atoms with Gasteiger partial charge < -0.3 is 5.11 Å². The number of hydrogen-bond donors (Lipinski definition) is 1. The predicted molar refractivity (Wildman–Crippen MR) is 70.7 cm³/mol. The first-order valence-electron chi connectivity index (χ1n) is 5.03. The molecule has 0 radical (unpaired) electrons. The van der Waals surface area contributed by atoms with Crippen LogP contribution >= 0.6 is 22.7 Å². The Hall–Kier alpha value is -1.35. The van der Waals surface area contributed by atoms with Crippen molar-refractivity contribution in [1.29, 1.82) is 0 Å². The van der Waals surface area contributed by atoms with E-state index in [-0.39, 0.29) is 11.5 Å². The maximum absolute atomic E-state index is 11.6. The zero-order chi connectivity index (χ0) is 12.3. The summed E-state index contributed by atoms with van der Waals surface area (Å²) in [5.41, 5.74) is 1.86. The molecule has 0 amide bonds. The van der Waals surface area contributed by atoms with Gasteiger partial charge in [0.1, 0.15) is 6.61 Å². The molecule has 0 fully saturated rings. The molecule has 88 valence electrons. The number of thiophene rings is 1. The number of aryl methyl sites for hydroxylation is 1. The van der Waals surface area contributed by atoms with Gasteiger partial charge in [-0.2, -0.15) is 0 Å². The van der Waals surface area contributed by atoms with Gasteiger partial charge >= 0.3 is 4.87 Å². The van der Waals surface area contributed by atoms with Crippen LogP contribution in [0.2, 0.25) is 0 Å². The van der Waals surface area contributed by atoms with Gasteiger partial charge in [0, 0.05) is 21.5 Å². The smallest absolute Gasteiger partial charge is 0.307 e. The number of aromatic nitrogens is 1. The molecule has 5 heteroatoms. The Labute approximate surface area is 107 Å². The summed E-state index contributed by atoms with van der Waals surface area (Å²) in [6.45, 7) is 2.33. The minimum Gasteiger partial charge on any atom is -0.384 e. The number of aliphatic hydroxyl groups is 1. The fourth-order valence-electron chi connectivity index (χ4n) is 1.45. The lowest BCUT2D eigenvalue weighted by Crippen LogP contribution is -2.15. The SMILES string of the molecule is Cc1csc(=O)n1Cc1sccc1C#CCO. The van der Waals surface area contributed by atoms with E-state index >= 15 is 0 Å². The Kier molecular flexibility index (Phi) is 3.79. The minimum absolute atomic E-state index is 0.0527. The molecule has 0 saturated carbocycles. The first-order valence-corrected chi connectivity index (χ1v) is 6.79. The summed E-state index contributed by atoms with van der Waals surface area (Å²) in [6, 6.07) is 1.91. The van der Waals surface area contributed by atoms with Crippen LogP contribution in [0.1, 0.15) is 16.1 Å². The van der Waals surface area contributed by atoms with E-state index in [1.807, 2.05) is 23.8 Å². The van der Waals surface area contributed by atoms with Crippen molar-refractivity contribution in [2.24, 2.45) is 0 Å². The third kappa shape index (κ3) is 2.67. The van der Waals surface area contributed by atoms with E-state index in [4.69, 9.17) is 5.11 Å². The Bertz CT molecular complexity index is 625. The van der Waals surface area contributed by atoms with Gasteiger partial charge in [-0.1, -0.05) is 23.2 Å². The highest BCUT2D eigenvalue weighted by atomic mass is 32.1. The lowest BCUT2D eigenvalue weighted by molar-refractivity contribution is 0.350. The normalized spacial score (nSPS) is 10.0. The molecule has 0 bridgehead atoms. The summed E-state index contributed by atoms with van der Waals surface area (Å²) in [4.78, 5) is 12.7. The molecule has 0 aliphatic heterocycles. The highest BCUT2D eigenvalue weighted by Gasteiger charge is 2.07. The number of hydrogen-bond acceptors (Lipinski definition) is 4. The third-order valence-electron chi connectivity index (χ3n) is 2.33. The third-order valence-corrected chi connectivity index (χ3v) is 4.11. The summed E-state index contributed by atoms with van der Waals surface area (Å²) in [6.07, 6.45) is 0. The van der Waals surface area contributed by atoms with E-state index in [0.717, 1.165) is 16.1 Å². The maximum Gasteiger partial charge on any atom is 0.307 e. The molecule has 1 N–H and O–H groups in total. The van der Waals surface area contributed by atoms with Gasteiger partial charge in [-0.25, -0.2) is 0 Å². The lowest BCUT2D eigenvalue weighted by Gasteiger charge is -2.02. The Morgan fingerprint density at radius 3 is 2.94 bits per heavy atom. The minimum atomic E-state index is -0.146. The van der Waals surface area contributed by atoms with Gasteiger partial charge in [0.2, 0.25) is 0 Å². The van der Waals surface area contributed by atoms with Crippen molar-refractivity contribution < 1.29 is 5.11 Å². The van der Waals surface area contributed by atoms with E-state index in [1.54, 1.807) is 15.9 Å². The van der Waals surface area contributed by atoms with Crippen molar-refractivity contribution in [3.8, 4) is 11.8 Å². The fourth-order valence-corrected chi connectivity index (χ4v) is 3.00. The van der Waals surface area contributed by atoms with E-state index < -0.39 is 0 Å². The number of nitrogens with zero attached hydrogens (tertiary/aromatic N) is 1. The average Bonchev–Trinajstić information content (AvgIpc) is 2.88. The second-order valence-corrected chi connectivity index (χ2v) is 5.27. The van der Waals surface area contributed by atoms with Gasteiger partial charge in [-0.3, -0.25) is 9.36 Å². The average molecular weight is 265 g/mol. The van der Waals surface area contributed by atoms with Crippen LogP contribution in [0.3, 0.4) is 0 Å². The molecule has 0 aliphatic rings. The van der Waals surface area contributed by atoms with Crippen LogP contribution in [-0.4, -0.2) is 16.3 Å². The van der Waals surface area contributed by atoms with Crippen LogP contribution in [0.15, 0.2) is 21.6 Å². The van der Waals surface area contributed by atoms with Crippen LogP contribution in [0.5, 0.6) is 0 Å². The summed E-state index contributed by atoms with van der Waals surface area (Å²) in [5, 5.41) is 12.5. The molecule has 17 heavy (non-hydrogen) atoms. The topological polar surface area (TPSA) is 42.2 Å². The molecule has 0 aromatic carbocycles. The van der Waals surface area contributed by atoms with Gasteiger partial charge in [0.15, 0.2) is 0 Å². The van der Waals surface area contributed by atoms with Gasteiger partial charge in [0.25, 0.3) is 0 Å². The first kappa shape index (κ1) is 12.1. The van der Waals surface area contributed by atoms with Gasteiger partial charge in [-0.05, 0) is 18.4 Å². The fraction of sp³-hybridized carbons (Fsp3) is 0.250. The standard InChI is InChI=1S/C12H11NO2S2/c1-9-8-17-12(15)13(9)7-11-10(3-2-5-14)4-6-16-11/h4,6,8,14H,5,7H2,1H3. The highest BCUT2D eigenvalue weighted by Crippen LogP contribution is 2.17. The van der Waals surface area contributed by atoms with Crippen LogP contribution in [-0.2, 0) is 6.54 Å². The maximum atomic E-state index is 11.6. The molecule has 2 aromatic rings. The predicted octanol–water partition coefficient (Wildman–Crippen LogP) is 1.67. The molecule has 0 spiro atoms. The monoisotopic (exact) mass is 265 g/mol. The molecule has 0 atom stereocenters. The molecular weight excluding hydrogens is 254 g/mol. The van der Waals surface area contributed by atoms with Crippen LogP contribution in [0.25, 0.3) is 0 Å². The lowest BCUT2D eigenvalue weighted by atomic mass is 10.2. The first-order chi connectivity index (χ1) is 8.22. The number of thiazole rings is 1. The van der Waals surface area contributed by atoms with Crippen LogP contribution < -0.4 is 4.87 Å². The van der Waals surface area contributed by atoms with Crippen molar-refractivity contribution in [2.45, 2.75) is 13.5 Å². The van der Waals surface area contributed by atoms with Crippen molar-refractivity contribution in [2.75, 3.05) is 6.61 Å². The second kappa shape index (κ2) is 5.32. The quantitative estimate of drug-likeness (QED) is 0.839. The van der Waals surface area contributed by atoms with Crippen molar-refractivity contribution in [3.63, 3.8) is 0 Å². The van der Waals surface area contributed by atoms with E-state index in [0.29, 0.717) is 6.54 Å². The molecule has 0 aliphatic carbocycles. The van der Waals surface area contributed by atoms with Crippen molar-refractivity contribution >= 4 is 22.7 Å². The zero-order valence-corrected chi connectivity index (χ0v) is 10.9. The van der Waals surface area contributed by atoms with E-state index in [9.17, 15) is 4.79 Å². The van der Waals surface area contributed by atoms with Crippen molar-refractivity contribution in [1.82, 2.24) is 4.57 Å². The molecule has 0 saturated heterocycles. The van der Waals surface area contributed by atoms with Gasteiger partial charge in [0.05, 0.1) is 6.54 Å². The Morgan fingerprint density at radius 2 is 2.29 bits per heavy atom. The molecule has 3 nitrogen and oxygen atoms in total. The summed E-state index contributed by atoms with van der Waals surface area (Å²) in [7, 11) is 0. The number of rotatable bonds is 2. The Morgan fingerprint density at radius 1 is 1.47 bits per heavy atom. The molecule has 2 heterocycles. The van der Waals surface area contributed by atoms with E-state index in [1.165, 1.54) is 11.3 Å². The van der Waals surface area contributed by atoms with Crippen LogP contribution in [0.4, 0.5) is 0 Å². The highest BCUT2D eigenvalue weighted by molar-refractivity contribution is 7.10. The zero-order valence-electron chi connectivity index (χ0n) is 9.27. The van der Waals surface area contributed by atoms with Gasteiger partial charge in [-0.15, -0.1) is 11.3 Å². The number of aliphatic hydroxyl groups excluding tert-OH is 1. The summed E-state index contributed by atoms with van der Waals surface area (Å²) >= 11 is 2.79. The largest absolute Gasteiger partial charge is 0.384 e. The molecule has 2 rings (SSSR count). The van der Waals surface area contributed by atoms with Crippen LogP contribution in [0, 0.1) is 18.8 Å². The Balaban J connectivity index is 2.31. The molecular formula is C12H11NO2S2. The molecule has 2 aromatic heterocycles. The second-order valence-electron chi connectivity index (χ2n) is 3.45. The van der Waals surface area contributed by atoms with Crippen molar-refractivity contribution in [3.05, 3.63) is 42.6 Å².